The number of benzene rings is 3. The van der Waals surface area contributed by atoms with Gasteiger partial charge in [0, 0.05) is 12.4 Å². The van der Waals surface area contributed by atoms with Crippen molar-refractivity contribution in [2.24, 2.45) is 0 Å². The zero-order valence-electron chi connectivity index (χ0n) is 15.7. The zero-order chi connectivity index (χ0) is 19.9. The molecular weight excluding hydrogens is 372 g/mol. The number of fused-ring (bicyclic) bond motifs is 1. The van der Waals surface area contributed by atoms with E-state index in [2.05, 4.69) is 0 Å². The van der Waals surface area contributed by atoms with Gasteiger partial charge in [0.1, 0.15) is 0 Å². The third-order valence-electron chi connectivity index (χ3n) is 5.07. The fraction of sp³-hybridized carbons (Fsp3) is 0.136. The summed E-state index contributed by atoms with van der Waals surface area (Å²) < 4.78 is 28.1. The van der Waals surface area contributed by atoms with Crippen molar-refractivity contribution in [1.82, 2.24) is 8.54 Å². The Balaban J connectivity index is 1.75. The summed E-state index contributed by atoms with van der Waals surface area (Å²) >= 11 is 0. The molecule has 28 heavy (non-hydrogen) atoms. The van der Waals surface area contributed by atoms with Crippen LogP contribution in [0, 0.1) is 13.8 Å². The van der Waals surface area contributed by atoms with Crippen LogP contribution in [0.15, 0.2) is 82.7 Å². The van der Waals surface area contributed by atoms with Crippen LogP contribution in [0.1, 0.15) is 16.7 Å². The second-order valence-corrected chi connectivity index (χ2v) is 8.71. The molecule has 0 saturated carbocycles. The number of aryl methyl sites for hydroxylation is 2. The zero-order valence-corrected chi connectivity index (χ0v) is 16.5. The van der Waals surface area contributed by atoms with E-state index in [0.717, 1.165) is 31.4 Å². The smallest absolute Gasteiger partial charge is 0.294 e. The van der Waals surface area contributed by atoms with Gasteiger partial charge >= 0.3 is 5.69 Å². The largest absolute Gasteiger partial charge is 0.342 e. The van der Waals surface area contributed by atoms with Crippen LogP contribution >= 0.6 is 0 Å². The third-order valence-corrected chi connectivity index (χ3v) is 6.72. The lowest BCUT2D eigenvalue weighted by atomic mass is 10.0. The van der Waals surface area contributed by atoms with Crippen LogP contribution in [-0.4, -0.2) is 17.0 Å². The minimum absolute atomic E-state index is 0.112. The molecule has 0 atom stereocenters. The lowest BCUT2D eigenvalue weighted by molar-refractivity contribution is 0.583. The van der Waals surface area contributed by atoms with E-state index >= 15 is 0 Å². The molecule has 0 unspecified atom stereocenters. The highest BCUT2D eigenvalue weighted by atomic mass is 32.2. The number of imidazole rings is 1. The standard InChI is InChI=1S/C22H20N2O3S/c1-16-10-11-20(14-17(16)2)28(26,27)24-13-12-23(22(24)25)15-19-8-5-7-18-6-3-4-9-21(18)19/h3-14H,15H2,1-2H3. The average Bonchev–Trinajstić information content (AvgIpc) is 3.05. The molecule has 0 N–H and O–H groups in total. The molecule has 5 nitrogen and oxygen atoms in total. The fourth-order valence-corrected chi connectivity index (χ4v) is 4.62. The molecule has 0 aliphatic carbocycles. The number of aromatic nitrogens is 2. The predicted molar refractivity (Wildman–Crippen MR) is 110 cm³/mol. The predicted octanol–water partition coefficient (Wildman–Crippen LogP) is 3.71. The van der Waals surface area contributed by atoms with Crippen molar-refractivity contribution in [3.05, 3.63) is 100 Å². The van der Waals surface area contributed by atoms with Crippen molar-refractivity contribution >= 4 is 20.8 Å². The molecule has 0 aliphatic rings. The SMILES string of the molecule is Cc1ccc(S(=O)(=O)n2ccn(Cc3cccc4ccccc34)c2=O)cc1C. The van der Waals surface area contributed by atoms with Gasteiger partial charge in [0.05, 0.1) is 11.4 Å². The molecule has 4 rings (SSSR count). The summed E-state index contributed by atoms with van der Waals surface area (Å²) in [7, 11) is -3.94. The molecule has 0 aliphatic heterocycles. The molecule has 6 heteroatoms. The lowest BCUT2D eigenvalue weighted by Crippen LogP contribution is -2.29. The first-order valence-corrected chi connectivity index (χ1v) is 10.4. The summed E-state index contributed by atoms with van der Waals surface area (Å²) in [4.78, 5) is 12.9. The van der Waals surface area contributed by atoms with Gasteiger partial charge in [0.25, 0.3) is 10.0 Å². The first-order chi connectivity index (χ1) is 13.4. The molecule has 0 radical (unpaired) electrons. The maximum absolute atomic E-state index is 12.9. The van der Waals surface area contributed by atoms with E-state index in [0.29, 0.717) is 6.54 Å². The molecule has 142 valence electrons. The molecule has 0 saturated heterocycles. The molecule has 3 aromatic carbocycles. The van der Waals surface area contributed by atoms with Gasteiger partial charge in [-0.15, -0.1) is 0 Å². The normalized spacial score (nSPS) is 11.8. The molecule has 0 spiro atoms. The first kappa shape index (κ1) is 18.3. The van der Waals surface area contributed by atoms with Crippen molar-refractivity contribution in [3.8, 4) is 0 Å². The van der Waals surface area contributed by atoms with E-state index in [-0.39, 0.29) is 4.90 Å². The quantitative estimate of drug-likeness (QED) is 0.532. The van der Waals surface area contributed by atoms with Gasteiger partial charge in [-0.3, -0.25) is 4.57 Å². The minimum atomic E-state index is -3.94. The molecule has 4 aromatic rings. The van der Waals surface area contributed by atoms with Crippen LogP contribution in [0.25, 0.3) is 10.8 Å². The highest BCUT2D eigenvalue weighted by Crippen LogP contribution is 2.20. The van der Waals surface area contributed by atoms with Crippen molar-refractivity contribution in [2.75, 3.05) is 0 Å². The number of rotatable bonds is 4. The van der Waals surface area contributed by atoms with Crippen LogP contribution < -0.4 is 5.69 Å². The Morgan fingerprint density at radius 2 is 1.61 bits per heavy atom. The van der Waals surface area contributed by atoms with Gasteiger partial charge in [-0.2, -0.15) is 3.97 Å². The van der Waals surface area contributed by atoms with E-state index in [9.17, 15) is 13.2 Å². The highest BCUT2D eigenvalue weighted by molar-refractivity contribution is 7.90. The van der Waals surface area contributed by atoms with Crippen LogP contribution in [0.4, 0.5) is 0 Å². The van der Waals surface area contributed by atoms with Crippen LogP contribution in [0.5, 0.6) is 0 Å². The minimum Gasteiger partial charge on any atom is -0.294 e. The molecule has 0 amide bonds. The van der Waals surface area contributed by atoms with Gasteiger partial charge in [0.15, 0.2) is 0 Å². The Labute approximate surface area is 163 Å². The van der Waals surface area contributed by atoms with Gasteiger partial charge in [-0.05, 0) is 53.4 Å². The van der Waals surface area contributed by atoms with Crippen molar-refractivity contribution in [2.45, 2.75) is 25.3 Å². The van der Waals surface area contributed by atoms with Gasteiger partial charge in [0.2, 0.25) is 0 Å². The van der Waals surface area contributed by atoms with Crippen LogP contribution in [-0.2, 0) is 16.6 Å². The number of hydrogen-bond acceptors (Lipinski definition) is 3. The van der Waals surface area contributed by atoms with Crippen LogP contribution in [0.3, 0.4) is 0 Å². The topological polar surface area (TPSA) is 61.1 Å². The maximum atomic E-state index is 12.9. The molecule has 1 heterocycles. The monoisotopic (exact) mass is 392 g/mol. The van der Waals surface area contributed by atoms with Crippen molar-refractivity contribution < 1.29 is 8.42 Å². The second kappa shape index (κ2) is 6.80. The first-order valence-electron chi connectivity index (χ1n) is 8.95. The number of nitrogens with zero attached hydrogens (tertiary/aromatic N) is 2. The average molecular weight is 392 g/mol. The summed E-state index contributed by atoms with van der Waals surface area (Å²) in [6, 6.07) is 18.7. The van der Waals surface area contributed by atoms with E-state index in [1.165, 1.54) is 23.0 Å². The van der Waals surface area contributed by atoms with E-state index in [1.807, 2.05) is 56.3 Å². The molecule has 0 fully saturated rings. The summed E-state index contributed by atoms with van der Waals surface area (Å²) in [5, 5.41) is 2.12. The van der Waals surface area contributed by atoms with Gasteiger partial charge < -0.3 is 0 Å². The summed E-state index contributed by atoms with van der Waals surface area (Å²) in [5.74, 6) is 0. The lowest BCUT2D eigenvalue weighted by Gasteiger charge is -2.08. The van der Waals surface area contributed by atoms with Crippen LogP contribution in [0.2, 0.25) is 0 Å². The Morgan fingerprint density at radius 3 is 2.39 bits per heavy atom. The Bertz CT molecular complexity index is 1340. The molecular formula is C22H20N2O3S. The summed E-state index contributed by atoms with van der Waals surface area (Å²) in [6.45, 7) is 4.07. The van der Waals surface area contributed by atoms with Gasteiger partial charge in [-0.1, -0.05) is 48.5 Å². The fourth-order valence-electron chi connectivity index (χ4n) is 3.30. The highest BCUT2D eigenvalue weighted by Gasteiger charge is 2.21. The van der Waals surface area contributed by atoms with Crippen molar-refractivity contribution in [1.29, 1.82) is 0 Å². The molecule has 0 bridgehead atoms. The van der Waals surface area contributed by atoms with E-state index in [4.69, 9.17) is 0 Å². The summed E-state index contributed by atoms with van der Waals surface area (Å²) in [5.41, 5.74) is 2.25. The van der Waals surface area contributed by atoms with Gasteiger partial charge in [-0.25, -0.2) is 13.2 Å². The Morgan fingerprint density at radius 1 is 0.857 bits per heavy atom. The number of hydrogen-bond donors (Lipinski definition) is 0. The Kier molecular flexibility index (Phi) is 4.43. The van der Waals surface area contributed by atoms with E-state index < -0.39 is 15.7 Å². The van der Waals surface area contributed by atoms with Crippen molar-refractivity contribution in [3.63, 3.8) is 0 Å². The second-order valence-electron chi connectivity index (χ2n) is 6.89. The summed E-state index contributed by atoms with van der Waals surface area (Å²) in [6.07, 6.45) is 2.83. The Hall–Kier alpha value is -3.12. The maximum Gasteiger partial charge on any atom is 0.342 e. The van der Waals surface area contributed by atoms with E-state index in [1.54, 1.807) is 12.1 Å². The third kappa shape index (κ3) is 3.05. The molecule has 1 aromatic heterocycles.